The first kappa shape index (κ1) is 12.7. The Balaban J connectivity index is 2.22. The Morgan fingerprint density at radius 1 is 1.56 bits per heavy atom. The molecule has 0 aliphatic heterocycles. The average Bonchev–Trinajstić information content (AvgIpc) is 2.77. The summed E-state index contributed by atoms with van der Waals surface area (Å²) in [6.45, 7) is 2.02. The van der Waals surface area contributed by atoms with E-state index in [1.54, 1.807) is 0 Å². The van der Waals surface area contributed by atoms with Gasteiger partial charge in [0.2, 0.25) is 0 Å². The number of nitrogens with two attached hydrogens (primary N) is 1. The van der Waals surface area contributed by atoms with Gasteiger partial charge < -0.3 is 10.8 Å². The molecule has 0 saturated carbocycles. The van der Waals surface area contributed by atoms with Crippen molar-refractivity contribution in [2.45, 2.75) is 19.4 Å². The van der Waals surface area contributed by atoms with Gasteiger partial charge in [0.1, 0.15) is 5.01 Å². The van der Waals surface area contributed by atoms with Crippen molar-refractivity contribution < 1.29 is 9.90 Å². The van der Waals surface area contributed by atoms with E-state index in [1.807, 2.05) is 36.6 Å². The van der Waals surface area contributed by atoms with Crippen LogP contribution in [0, 0.1) is 6.92 Å². The van der Waals surface area contributed by atoms with Crippen LogP contribution in [0.25, 0.3) is 11.3 Å². The fourth-order valence-electron chi connectivity index (χ4n) is 1.67. The standard InChI is InChI=1S/C13H14N2O2S/c1-8-3-2-4-9(5-8)11-7-18-13(15-11)10(14)6-12(16)17/h2-5,7,10H,6,14H2,1H3,(H,16,17). The van der Waals surface area contributed by atoms with Crippen molar-refractivity contribution in [1.29, 1.82) is 0 Å². The Kier molecular flexibility index (Phi) is 3.74. The number of nitrogens with zero attached hydrogens (tertiary/aromatic N) is 1. The number of hydrogen-bond acceptors (Lipinski definition) is 4. The number of carbonyl (C=O) groups is 1. The molecule has 4 nitrogen and oxygen atoms in total. The van der Waals surface area contributed by atoms with Crippen LogP contribution >= 0.6 is 11.3 Å². The summed E-state index contributed by atoms with van der Waals surface area (Å²) >= 11 is 1.40. The first-order valence-electron chi connectivity index (χ1n) is 5.56. The number of carboxylic acid groups (broad SMARTS) is 1. The van der Waals surface area contributed by atoms with Gasteiger partial charge in [-0.2, -0.15) is 0 Å². The first-order valence-corrected chi connectivity index (χ1v) is 6.44. The molecule has 0 radical (unpaired) electrons. The number of thiazole rings is 1. The number of rotatable bonds is 4. The summed E-state index contributed by atoms with van der Waals surface area (Å²) in [6, 6.07) is 7.48. The molecule has 1 atom stereocenters. The second kappa shape index (κ2) is 5.29. The molecule has 0 fully saturated rings. The van der Waals surface area contributed by atoms with Gasteiger partial charge in [-0.05, 0) is 13.0 Å². The Hall–Kier alpha value is -1.72. The zero-order valence-corrected chi connectivity index (χ0v) is 10.8. The average molecular weight is 262 g/mol. The molecule has 1 heterocycles. The van der Waals surface area contributed by atoms with E-state index in [9.17, 15) is 4.79 Å². The van der Waals surface area contributed by atoms with Gasteiger partial charge in [-0.1, -0.05) is 23.8 Å². The summed E-state index contributed by atoms with van der Waals surface area (Å²) in [5, 5.41) is 11.3. The van der Waals surface area contributed by atoms with Crippen molar-refractivity contribution in [3.63, 3.8) is 0 Å². The summed E-state index contributed by atoms with van der Waals surface area (Å²) in [5.41, 5.74) is 8.82. The molecule has 1 aromatic heterocycles. The number of hydrogen-bond donors (Lipinski definition) is 2. The van der Waals surface area contributed by atoms with Gasteiger partial charge in [-0.15, -0.1) is 11.3 Å². The van der Waals surface area contributed by atoms with Crippen molar-refractivity contribution in [3.8, 4) is 11.3 Å². The molecule has 94 valence electrons. The third-order valence-corrected chi connectivity index (χ3v) is 3.52. The highest BCUT2D eigenvalue weighted by Gasteiger charge is 2.15. The van der Waals surface area contributed by atoms with Crippen LogP contribution in [0.3, 0.4) is 0 Å². The fourth-order valence-corrected chi connectivity index (χ4v) is 2.50. The lowest BCUT2D eigenvalue weighted by Gasteiger charge is -2.03. The van der Waals surface area contributed by atoms with Crippen LogP contribution in [0.4, 0.5) is 0 Å². The van der Waals surface area contributed by atoms with Gasteiger partial charge in [0.05, 0.1) is 18.2 Å². The topological polar surface area (TPSA) is 76.2 Å². The molecule has 1 unspecified atom stereocenters. The van der Waals surface area contributed by atoms with E-state index in [0.29, 0.717) is 5.01 Å². The van der Waals surface area contributed by atoms with E-state index >= 15 is 0 Å². The van der Waals surface area contributed by atoms with E-state index in [4.69, 9.17) is 10.8 Å². The van der Waals surface area contributed by atoms with Crippen LogP contribution in [0.5, 0.6) is 0 Å². The number of aliphatic carboxylic acids is 1. The third kappa shape index (κ3) is 2.94. The maximum Gasteiger partial charge on any atom is 0.305 e. The number of aryl methyl sites for hydroxylation is 1. The Labute approximate surface area is 109 Å². The molecule has 5 heteroatoms. The Morgan fingerprint density at radius 2 is 2.33 bits per heavy atom. The van der Waals surface area contributed by atoms with Crippen LogP contribution in [0.2, 0.25) is 0 Å². The molecule has 2 rings (SSSR count). The zero-order valence-electron chi connectivity index (χ0n) is 9.96. The lowest BCUT2D eigenvalue weighted by atomic mass is 10.1. The maximum atomic E-state index is 10.6. The lowest BCUT2D eigenvalue weighted by molar-refractivity contribution is -0.137. The van der Waals surface area contributed by atoms with Crippen molar-refractivity contribution in [2.75, 3.05) is 0 Å². The van der Waals surface area contributed by atoms with Crippen LogP contribution in [0.1, 0.15) is 23.0 Å². The highest BCUT2D eigenvalue weighted by atomic mass is 32.1. The van der Waals surface area contributed by atoms with Crippen molar-refractivity contribution in [3.05, 3.63) is 40.2 Å². The van der Waals surface area contributed by atoms with Crippen LogP contribution in [-0.4, -0.2) is 16.1 Å². The molecule has 1 aromatic carbocycles. The molecule has 0 aliphatic carbocycles. The predicted molar refractivity (Wildman–Crippen MR) is 71.5 cm³/mol. The van der Waals surface area contributed by atoms with Gasteiger partial charge >= 0.3 is 5.97 Å². The van der Waals surface area contributed by atoms with E-state index < -0.39 is 12.0 Å². The van der Waals surface area contributed by atoms with Crippen molar-refractivity contribution in [2.24, 2.45) is 5.73 Å². The zero-order chi connectivity index (χ0) is 13.1. The summed E-state index contributed by atoms with van der Waals surface area (Å²) < 4.78 is 0. The molecule has 0 spiro atoms. The SMILES string of the molecule is Cc1cccc(-c2csc(C(N)CC(=O)O)n2)c1. The minimum Gasteiger partial charge on any atom is -0.481 e. The minimum atomic E-state index is -0.908. The molecule has 2 aromatic rings. The van der Waals surface area contributed by atoms with Gasteiger partial charge in [0.25, 0.3) is 0 Å². The minimum absolute atomic E-state index is 0.0965. The van der Waals surface area contributed by atoms with Crippen molar-refractivity contribution >= 4 is 17.3 Å². The largest absolute Gasteiger partial charge is 0.481 e. The van der Waals surface area contributed by atoms with Crippen molar-refractivity contribution in [1.82, 2.24) is 4.98 Å². The Bertz CT molecular complexity index is 566. The van der Waals surface area contributed by atoms with E-state index in [1.165, 1.54) is 11.3 Å². The van der Waals surface area contributed by atoms with E-state index in [-0.39, 0.29) is 6.42 Å². The fraction of sp³-hybridized carbons (Fsp3) is 0.231. The third-order valence-electron chi connectivity index (χ3n) is 2.55. The summed E-state index contributed by atoms with van der Waals surface area (Å²) in [5.74, 6) is -0.908. The van der Waals surface area contributed by atoms with Gasteiger partial charge in [0.15, 0.2) is 0 Å². The molecular formula is C13H14N2O2S. The highest BCUT2D eigenvalue weighted by molar-refractivity contribution is 7.10. The van der Waals surface area contributed by atoms with E-state index in [2.05, 4.69) is 4.98 Å². The first-order chi connectivity index (χ1) is 8.56. The summed E-state index contributed by atoms with van der Waals surface area (Å²) in [6.07, 6.45) is -0.0965. The Morgan fingerprint density at radius 3 is 3.00 bits per heavy atom. The highest BCUT2D eigenvalue weighted by Crippen LogP contribution is 2.26. The van der Waals surface area contributed by atoms with Crippen LogP contribution in [-0.2, 0) is 4.79 Å². The van der Waals surface area contributed by atoms with Crippen LogP contribution < -0.4 is 5.73 Å². The maximum absolute atomic E-state index is 10.6. The van der Waals surface area contributed by atoms with E-state index in [0.717, 1.165) is 16.8 Å². The smallest absolute Gasteiger partial charge is 0.305 e. The monoisotopic (exact) mass is 262 g/mol. The normalized spacial score (nSPS) is 12.3. The molecular weight excluding hydrogens is 248 g/mol. The number of carboxylic acids is 1. The molecule has 0 aliphatic rings. The predicted octanol–water partition coefficient (Wildman–Crippen LogP) is 2.59. The number of benzene rings is 1. The lowest BCUT2D eigenvalue weighted by Crippen LogP contribution is -2.14. The molecule has 0 saturated heterocycles. The quantitative estimate of drug-likeness (QED) is 0.888. The van der Waals surface area contributed by atoms with Crippen LogP contribution in [0.15, 0.2) is 29.6 Å². The summed E-state index contributed by atoms with van der Waals surface area (Å²) in [4.78, 5) is 15.0. The molecule has 0 bridgehead atoms. The second-order valence-electron chi connectivity index (χ2n) is 4.14. The summed E-state index contributed by atoms with van der Waals surface area (Å²) in [7, 11) is 0. The number of aromatic nitrogens is 1. The van der Waals surface area contributed by atoms with Gasteiger partial charge in [-0.25, -0.2) is 4.98 Å². The van der Waals surface area contributed by atoms with Gasteiger partial charge in [-0.3, -0.25) is 4.79 Å². The molecule has 3 N–H and O–H groups in total. The second-order valence-corrected chi connectivity index (χ2v) is 5.03. The van der Waals surface area contributed by atoms with Gasteiger partial charge in [0, 0.05) is 10.9 Å². The molecule has 18 heavy (non-hydrogen) atoms. The molecule has 0 amide bonds.